The van der Waals surface area contributed by atoms with E-state index >= 15 is 0 Å². The quantitative estimate of drug-likeness (QED) is 0.349. The Morgan fingerprint density at radius 1 is 1.29 bits per heavy atom. The highest BCUT2D eigenvalue weighted by molar-refractivity contribution is 5.80. The average Bonchev–Trinajstić information content (AvgIpc) is 3.17. The maximum Gasteiger partial charge on any atom is 0.326 e. The van der Waals surface area contributed by atoms with E-state index in [9.17, 15) is 14.7 Å². The van der Waals surface area contributed by atoms with Gasteiger partial charge < -0.3 is 19.9 Å². The van der Waals surface area contributed by atoms with Crippen LogP contribution in [0.2, 0.25) is 0 Å². The topological polar surface area (TPSA) is 101 Å². The summed E-state index contributed by atoms with van der Waals surface area (Å²) in [6, 6.07) is 3.44. The molecule has 3 rings (SSSR count). The van der Waals surface area contributed by atoms with Gasteiger partial charge in [0.1, 0.15) is 12.4 Å². The number of carbonyl (C=O) groups is 2. The smallest absolute Gasteiger partial charge is 0.326 e. The van der Waals surface area contributed by atoms with Gasteiger partial charge in [0.05, 0.1) is 24.3 Å². The molecule has 0 aromatic carbocycles. The number of ether oxygens (including phenoxy) is 2. The van der Waals surface area contributed by atoms with Crippen LogP contribution in [0.25, 0.3) is 5.57 Å². The average molecular weight is 520 g/mol. The predicted octanol–water partition coefficient (Wildman–Crippen LogP) is 5.98. The first-order valence-corrected chi connectivity index (χ1v) is 13.0. The number of nitrogens with zero attached hydrogens (tertiary/aromatic N) is 2. The van der Waals surface area contributed by atoms with Gasteiger partial charge in [-0.1, -0.05) is 43.9 Å². The minimum atomic E-state index is -0.768. The van der Waals surface area contributed by atoms with Gasteiger partial charge in [-0.2, -0.15) is 0 Å². The van der Waals surface area contributed by atoms with Crippen molar-refractivity contribution in [1.29, 1.82) is 0 Å². The van der Waals surface area contributed by atoms with Gasteiger partial charge in [-0.05, 0) is 62.5 Å². The minimum Gasteiger partial charge on any atom is -0.494 e. The second-order valence-corrected chi connectivity index (χ2v) is 9.27. The molecule has 1 aliphatic carbocycles. The van der Waals surface area contributed by atoms with Crippen molar-refractivity contribution in [2.75, 3.05) is 13.2 Å². The van der Waals surface area contributed by atoms with Crippen LogP contribution in [0.4, 0.5) is 4.79 Å². The zero-order valence-corrected chi connectivity index (χ0v) is 22.4. The number of aromatic nitrogens is 1. The summed E-state index contributed by atoms with van der Waals surface area (Å²) in [5, 5.41) is 12.2. The third-order valence-electron chi connectivity index (χ3n) is 6.43. The Kier molecular flexibility index (Phi) is 10.5. The highest BCUT2D eigenvalue weighted by atomic mass is 16.5. The molecule has 2 aliphatic rings. The number of carboxylic acid groups (broad SMARTS) is 1. The van der Waals surface area contributed by atoms with Crippen LogP contribution in [0.15, 0.2) is 84.6 Å². The van der Waals surface area contributed by atoms with Crippen molar-refractivity contribution in [3.8, 4) is 5.88 Å². The van der Waals surface area contributed by atoms with Crippen molar-refractivity contribution in [3.05, 3.63) is 90.2 Å². The largest absolute Gasteiger partial charge is 0.494 e. The molecular formula is C30H37N3O5. The van der Waals surface area contributed by atoms with Gasteiger partial charge in [0.15, 0.2) is 0 Å². The monoisotopic (exact) mass is 519 g/mol. The van der Waals surface area contributed by atoms with E-state index in [-0.39, 0.29) is 18.1 Å². The lowest BCUT2D eigenvalue weighted by Crippen LogP contribution is -2.42. The van der Waals surface area contributed by atoms with Gasteiger partial charge in [0.2, 0.25) is 5.88 Å². The number of carbonyl (C=O) groups excluding carboxylic acids is 1. The van der Waals surface area contributed by atoms with Crippen LogP contribution in [-0.4, -0.2) is 46.2 Å². The van der Waals surface area contributed by atoms with Crippen LogP contribution in [0.5, 0.6) is 5.88 Å². The highest BCUT2D eigenvalue weighted by Crippen LogP contribution is 2.23. The molecule has 2 unspecified atom stereocenters. The molecule has 8 nitrogen and oxygen atoms in total. The third kappa shape index (κ3) is 8.23. The third-order valence-corrected chi connectivity index (χ3v) is 6.43. The van der Waals surface area contributed by atoms with Crippen LogP contribution in [0.3, 0.4) is 0 Å². The number of aliphatic carboxylic acids is 1. The van der Waals surface area contributed by atoms with E-state index in [1.165, 1.54) is 0 Å². The van der Waals surface area contributed by atoms with E-state index in [1.807, 2.05) is 69.4 Å². The number of carboxylic acids is 1. The summed E-state index contributed by atoms with van der Waals surface area (Å²) < 4.78 is 11.6. The SMILES string of the molecule is C=C(/C=C\C1=C(C)OCCN1C(=O)NC1=CC=CC=CC1)c1ccc(OC(C)CCC(CC)C(=O)O)nc1. The number of hydrogen-bond acceptors (Lipinski definition) is 5. The number of allylic oxidation sites excluding steroid dienone is 9. The van der Waals surface area contributed by atoms with Crippen molar-refractivity contribution in [2.45, 2.75) is 52.6 Å². The molecule has 2 N–H and O–H groups in total. The molecule has 1 aromatic heterocycles. The van der Waals surface area contributed by atoms with E-state index < -0.39 is 5.97 Å². The molecule has 0 saturated carbocycles. The fraction of sp³-hybridized carbons (Fsp3) is 0.367. The molecule has 202 valence electrons. The Balaban J connectivity index is 1.60. The Morgan fingerprint density at radius 2 is 2.11 bits per heavy atom. The first-order chi connectivity index (χ1) is 18.3. The van der Waals surface area contributed by atoms with Crippen molar-refractivity contribution < 1.29 is 24.2 Å². The molecule has 38 heavy (non-hydrogen) atoms. The molecule has 0 radical (unpaired) electrons. The molecule has 0 spiro atoms. The molecule has 0 fully saturated rings. The molecule has 2 amide bonds. The van der Waals surface area contributed by atoms with Crippen LogP contribution >= 0.6 is 0 Å². The summed E-state index contributed by atoms with van der Waals surface area (Å²) in [5.74, 6) is 0.00952. The van der Waals surface area contributed by atoms with Gasteiger partial charge in [0, 0.05) is 24.4 Å². The molecule has 0 bridgehead atoms. The van der Waals surface area contributed by atoms with E-state index in [4.69, 9.17) is 9.47 Å². The van der Waals surface area contributed by atoms with Crippen molar-refractivity contribution in [1.82, 2.24) is 15.2 Å². The number of pyridine rings is 1. The number of nitrogens with one attached hydrogen (secondary N) is 1. The summed E-state index contributed by atoms with van der Waals surface area (Å²) in [6.07, 6.45) is 17.3. The molecule has 1 aromatic rings. The lowest BCUT2D eigenvalue weighted by molar-refractivity contribution is -0.142. The van der Waals surface area contributed by atoms with Gasteiger partial charge in [-0.15, -0.1) is 0 Å². The predicted molar refractivity (Wildman–Crippen MR) is 148 cm³/mol. The lowest BCUT2D eigenvalue weighted by atomic mass is 9.99. The van der Waals surface area contributed by atoms with Gasteiger partial charge in [-0.25, -0.2) is 9.78 Å². The minimum absolute atomic E-state index is 0.149. The van der Waals surface area contributed by atoms with E-state index in [1.54, 1.807) is 17.2 Å². The number of rotatable bonds is 11. The maximum absolute atomic E-state index is 13.0. The summed E-state index contributed by atoms with van der Waals surface area (Å²) in [5.41, 5.74) is 3.03. The summed E-state index contributed by atoms with van der Waals surface area (Å²) in [7, 11) is 0. The zero-order chi connectivity index (χ0) is 27.5. The fourth-order valence-corrected chi connectivity index (χ4v) is 4.09. The van der Waals surface area contributed by atoms with E-state index in [2.05, 4.69) is 16.9 Å². The van der Waals surface area contributed by atoms with Gasteiger partial charge in [-0.3, -0.25) is 9.69 Å². The Hall–Kier alpha value is -4.07. The molecule has 2 atom stereocenters. The van der Waals surface area contributed by atoms with E-state index in [0.717, 1.165) is 16.8 Å². The first kappa shape index (κ1) is 28.5. The first-order valence-electron chi connectivity index (χ1n) is 13.0. The van der Waals surface area contributed by atoms with Crippen molar-refractivity contribution in [3.63, 3.8) is 0 Å². The van der Waals surface area contributed by atoms with E-state index in [0.29, 0.717) is 56.2 Å². The summed E-state index contributed by atoms with van der Waals surface area (Å²) in [4.78, 5) is 30.3. The van der Waals surface area contributed by atoms with Crippen LogP contribution in [0.1, 0.15) is 52.0 Å². The zero-order valence-electron chi connectivity index (χ0n) is 22.4. The van der Waals surface area contributed by atoms with Crippen molar-refractivity contribution >= 4 is 17.6 Å². The number of urea groups is 1. The van der Waals surface area contributed by atoms with Gasteiger partial charge in [0.25, 0.3) is 0 Å². The summed E-state index contributed by atoms with van der Waals surface area (Å²) >= 11 is 0. The Labute approximate surface area is 224 Å². The standard InChI is InChI=1S/C30H37N3O5/c1-5-24(29(34)35)14-13-22(3)38-28-17-15-25(20-31-28)21(2)12-16-27-23(4)37-19-18-33(27)30(36)32-26-10-8-6-7-9-11-26/h6-10,12,15-17,20,22,24H,2,5,11,13-14,18-19H2,1,3-4H3,(H,32,36)(H,34,35)/b16-12-. The normalized spacial score (nSPS) is 16.9. The Morgan fingerprint density at radius 3 is 2.82 bits per heavy atom. The van der Waals surface area contributed by atoms with Crippen LogP contribution < -0.4 is 10.1 Å². The second-order valence-electron chi connectivity index (χ2n) is 9.27. The summed E-state index contributed by atoms with van der Waals surface area (Å²) in [6.45, 7) is 10.6. The molecule has 8 heteroatoms. The van der Waals surface area contributed by atoms with Crippen LogP contribution in [-0.2, 0) is 9.53 Å². The Bertz CT molecular complexity index is 1160. The number of hydrogen-bond donors (Lipinski definition) is 2. The molecular weight excluding hydrogens is 482 g/mol. The lowest BCUT2D eigenvalue weighted by Gasteiger charge is -2.30. The molecule has 1 aliphatic heterocycles. The highest BCUT2D eigenvalue weighted by Gasteiger charge is 2.23. The number of amides is 2. The maximum atomic E-state index is 13.0. The fourth-order valence-electron chi connectivity index (χ4n) is 4.09. The second kappa shape index (κ2) is 14.0. The van der Waals surface area contributed by atoms with Crippen molar-refractivity contribution in [2.24, 2.45) is 5.92 Å². The van der Waals surface area contributed by atoms with Crippen LogP contribution in [0, 0.1) is 5.92 Å². The molecule has 2 heterocycles. The molecule has 0 saturated heterocycles. The van der Waals surface area contributed by atoms with Gasteiger partial charge >= 0.3 is 12.0 Å².